The first-order valence-corrected chi connectivity index (χ1v) is 16.0. The van der Waals surface area contributed by atoms with Gasteiger partial charge in [-0.2, -0.15) is 5.10 Å². The van der Waals surface area contributed by atoms with Gasteiger partial charge in [0.25, 0.3) is 11.8 Å². The van der Waals surface area contributed by atoms with Crippen LogP contribution < -0.4 is 10.1 Å². The van der Waals surface area contributed by atoms with Crippen molar-refractivity contribution in [2.75, 3.05) is 12.9 Å². The van der Waals surface area contributed by atoms with E-state index in [0.717, 1.165) is 21.9 Å². The van der Waals surface area contributed by atoms with Gasteiger partial charge < -0.3 is 10.1 Å². The van der Waals surface area contributed by atoms with Crippen molar-refractivity contribution in [1.82, 2.24) is 25.1 Å². The van der Waals surface area contributed by atoms with E-state index < -0.39 is 0 Å². The lowest BCUT2D eigenvalue weighted by molar-refractivity contribution is -0.130. The molecule has 218 valence electrons. The third-order valence-corrected chi connectivity index (χ3v) is 9.44. The smallest absolute Gasteiger partial charge is 0.261 e. The van der Waals surface area contributed by atoms with Crippen molar-refractivity contribution in [1.29, 1.82) is 0 Å². The third-order valence-electron chi connectivity index (χ3n) is 6.73. The van der Waals surface area contributed by atoms with Gasteiger partial charge in [-0.25, -0.2) is 9.40 Å². The second kappa shape index (κ2) is 12.9. The van der Waals surface area contributed by atoms with Crippen LogP contribution in [0.3, 0.4) is 0 Å². The molecule has 5 aromatic rings. The molecule has 0 saturated carbocycles. The number of ether oxygens (including phenoxy) is 1. The van der Waals surface area contributed by atoms with Crippen molar-refractivity contribution in [2.24, 2.45) is 5.10 Å². The molecule has 2 amide bonds. The van der Waals surface area contributed by atoms with Crippen LogP contribution in [0.1, 0.15) is 38.4 Å². The molecule has 1 aliphatic heterocycles. The van der Waals surface area contributed by atoms with Crippen molar-refractivity contribution in [2.45, 2.75) is 24.2 Å². The van der Waals surface area contributed by atoms with E-state index in [-0.39, 0.29) is 36.0 Å². The zero-order valence-corrected chi connectivity index (χ0v) is 25.3. The summed E-state index contributed by atoms with van der Waals surface area (Å²) >= 11 is 4.13. The number of hydrogen-bond donors (Lipinski definition) is 1. The molecule has 0 bridgehead atoms. The Morgan fingerprint density at radius 1 is 1.02 bits per heavy atom. The van der Waals surface area contributed by atoms with Gasteiger partial charge in [-0.15, -0.1) is 32.9 Å². The van der Waals surface area contributed by atoms with Crippen LogP contribution in [0, 0.1) is 5.82 Å². The van der Waals surface area contributed by atoms with Crippen molar-refractivity contribution in [3.8, 4) is 11.4 Å². The minimum absolute atomic E-state index is 0.0365. The predicted molar refractivity (Wildman–Crippen MR) is 166 cm³/mol. The number of hydrazone groups is 1. The number of nitrogens with zero attached hydrogens (tertiary/aromatic N) is 5. The van der Waals surface area contributed by atoms with Crippen LogP contribution in [-0.4, -0.2) is 50.2 Å². The molecule has 3 aromatic heterocycles. The first kappa shape index (κ1) is 28.8. The molecule has 1 N–H and O–H groups in total. The lowest BCUT2D eigenvalue weighted by Gasteiger charge is -2.22. The van der Waals surface area contributed by atoms with E-state index in [9.17, 15) is 14.0 Å². The molecule has 0 fully saturated rings. The SMILES string of the molecule is COc1ccc(C2CC(c3cccs3)=NN2C(=O)CSc2nnc(CNC(=O)c3cccs3)n2-c2ccc(F)cc2)cc1. The Kier molecular flexibility index (Phi) is 8.63. The summed E-state index contributed by atoms with van der Waals surface area (Å²) in [5.74, 6) is 0.407. The van der Waals surface area contributed by atoms with Gasteiger partial charge in [0.1, 0.15) is 11.6 Å². The van der Waals surface area contributed by atoms with Crippen LogP contribution in [0.2, 0.25) is 0 Å². The van der Waals surface area contributed by atoms with E-state index in [4.69, 9.17) is 9.84 Å². The van der Waals surface area contributed by atoms with Gasteiger partial charge >= 0.3 is 0 Å². The van der Waals surface area contributed by atoms with Crippen LogP contribution in [0.25, 0.3) is 5.69 Å². The maximum Gasteiger partial charge on any atom is 0.261 e. The van der Waals surface area contributed by atoms with Gasteiger partial charge in [0.2, 0.25) is 0 Å². The summed E-state index contributed by atoms with van der Waals surface area (Å²) in [6.45, 7) is 0.0930. The number of halogens is 1. The largest absolute Gasteiger partial charge is 0.497 e. The van der Waals surface area contributed by atoms with Crippen molar-refractivity contribution >= 4 is 52.0 Å². The number of aromatic nitrogens is 3. The Labute approximate surface area is 259 Å². The van der Waals surface area contributed by atoms with Gasteiger partial charge in [-0.1, -0.05) is 36.0 Å². The highest BCUT2D eigenvalue weighted by atomic mass is 32.2. The molecule has 0 radical (unpaired) electrons. The maximum atomic E-state index is 13.7. The topological polar surface area (TPSA) is 102 Å². The summed E-state index contributed by atoms with van der Waals surface area (Å²) in [5, 5.41) is 22.0. The molecule has 1 unspecified atom stereocenters. The minimum Gasteiger partial charge on any atom is -0.497 e. The fourth-order valence-corrected chi connectivity index (χ4v) is 6.81. The highest BCUT2D eigenvalue weighted by molar-refractivity contribution is 7.99. The average molecular weight is 633 g/mol. The Morgan fingerprint density at radius 3 is 2.49 bits per heavy atom. The first-order chi connectivity index (χ1) is 21.0. The maximum absolute atomic E-state index is 13.7. The molecule has 4 heterocycles. The minimum atomic E-state index is -0.383. The number of carbonyl (C=O) groups excluding carboxylic acids is 2. The summed E-state index contributed by atoms with van der Waals surface area (Å²) in [6, 6.07) is 20.8. The number of thioether (sulfide) groups is 1. The molecule has 6 rings (SSSR count). The Bertz CT molecular complexity index is 1740. The summed E-state index contributed by atoms with van der Waals surface area (Å²) in [6.07, 6.45) is 0.586. The van der Waals surface area contributed by atoms with Gasteiger partial charge in [-0.05, 0) is 64.9 Å². The second-order valence-electron chi connectivity index (χ2n) is 9.41. The van der Waals surface area contributed by atoms with Crippen LogP contribution in [0.15, 0.2) is 93.8 Å². The summed E-state index contributed by atoms with van der Waals surface area (Å²) in [4.78, 5) is 27.9. The van der Waals surface area contributed by atoms with Gasteiger partial charge in [-0.3, -0.25) is 14.2 Å². The number of rotatable bonds is 10. The summed E-state index contributed by atoms with van der Waals surface area (Å²) < 4.78 is 20.8. The van der Waals surface area contributed by atoms with E-state index in [2.05, 4.69) is 15.5 Å². The molecular weight excluding hydrogens is 608 g/mol. The number of carbonyl (C=O) groups is 2. The Morgan fingerprint density at radius 2 is 1.79 bits per heavy atom. The normalized spacial score (nSPS) is 14.5. The molecule has 1 atom stereocenters. The molecule has 0 saturated heterocycles. The van der Waals surface area contributed by atoms with Crippen LogP contribution >= 0.6 is 34.4 Å². The lowest BCUT2D eigenvalue weighted by Crippen LogP contribution is -2.28. The van der Waals surface area contributed by atoms with E-state index in [0.29, 0.717) is 28.0 Å². The van der Waals surface area contributed by atoms with Crippen molar-refractivity contribution in [3.05, 3.63) is 111 Å². The number of nitrogens with one attached hydrogen (secondary N) is 1. The molecular formula is C30H25FN6O3S3. The highest BCUT2D eigenvalue weighted by Crippen LogP contribution is 2.35. The summed E-state index contributed by atoms with van der Waals surface area (Å²) in [7, 11) is 1.61. The number of thiophene rings is 2. The third kappa shape index (κ3) is 6.38. The standard InChI is InChI=1S/C30H25FN6O3S3/c1-40-22-12-6-19(7-13-22)24-16-23(25-4-2-14-41-25)35-37(24)28(38)18-43-30-34-33-27(17-32-29(39)26-5-3-15-42-26)36(30)21-10-8-20(31)9-11-21/h2-15,24H,16-18H2,1H3,(H,32,39). The van der Waals surface area contributed by atoms with Crippen LogP contribution in [-0.2, 0) is 11.3 Å². The van der Waals surface area contributed by atoms with Gasteiger partial charge in [0.05, 0.1) is 40.9 Å². The molecule has 2 aromatic carbocycles. The fourth-order valence-electron chi connectivity index (χ4n) is 4.62. The molecule has 43 heavy (non-hydrogen) atoms. The van der Waals surface area contributed by atoms with E-state index in [1.54, 1.807) is 52.3 Å². The van der Waals surface area contributed by atoms with Crippen molar-refractivity contribution in [3.63, 3.8) is 0 Å². The van der Waals surface area contributed by atoms with E-state index >= 15 is 0 Å². The first-order valence-electron chi connectivity index (χ1n) is 13.2. The quantitative estimate of drug-likeness (QED) is 0.191. The predicted octanol–water partition coefficient (Wildman–Crippen LogP) is 5.94. The summed E-state index contributed by atoms with van der Waals surface area (Å²) in [5.41, 5.74) is 2.41. The number of hydrogen-bond acceptors (Lipinski definition) is 9. The molecule has 0 aliphatic carbocycles. The van der Waals surface area contributed by atoms with Crippen LogP contribution in [0.5, 0.6) is 5.75 Å². The van der Waals surface area contributed by atoms with Crippen LogP contribution in [0.4, 0.5) is 4.39 Å². The number of amides is 2. The zero-order valence-electron chi connectivity index (χ0n) is 22.8. The second-order valence-corrected chi connectivity index (χ2v) is 12.3. The number of methoxy groups -OCH3 is 1. The van der Waals surface area contributed by atoms with Crippen molar-refractivity contribution < 1.29 is 18.7 Å². The lowest BCUT2D eigenvalue weighted by atomic mass is 10.0. The fraction of sp³-hybridized carbons (Fsp3) is 0.167. The average Bonchev–Trinajstić information content (AvgIpc) is 3.86. The Balaban J connectivity index is 1.23. The van der Waals surface area contributed by atoms with E-state index in [1.165, 1.54) is 35.2 Å². The monoisotopic (exact) mass is 632 g/mol. The van der Waals surface area contributed by atoms with Gasteiger partial charge in [0, 0.05) is 12.1 Å². The molecule has 1 aliphatic rings. The molecule has 13 heteroatoms. The molecule has 0 spiro atoms. The Hall–Kier alpha value is -4.33. The van der Waals surface area contributed by atoms with E-state index in [1.807, 2.05) is 47.2 Å². The highest BCUT2D eigenvalue weighted by Gasteiger charge is 2.33. The molecule has 9 nitrogen and oxygen atoms in total. The number of benzene rings is 2. The van der Waals surface area contributed by atoms with Gasteiger partial charge in [0.15, 0.2) is 11.0 Å². The zero-order chi connectivity index (χ0) is 29.8.